The van der Waals surface area contributed by atoms with Crippen LogP contribution >= 0.6 is 27.5 Å². The Morgan fingerprint density at radius 1 is 1.47 bits per heavy atom. The van der Waals surface area contributed by atoms with E-state index in [1.807, 2.05) is 18.2 Å². The first-order valence-corrected chi connectivity index (χ1v) is 5.82. The van der Waals surface area contributed by atoms with Crippen LogP contribution in [-0.4, -0.2) is 24.9 Å². The molecule has 1 rings (SSSR count). The first-order chi connectivity index (χ1) is 7.00. The summed E-state index contributed by atoms with van der Waals surface area (Å²) in [7, 11) is 3.51. The van der Waals surface area contributed by atoms with Crippen molar-refractivity contribution in [3.63, 3.8) is 0 Å². The zero-order valence-corrected chi connectivity index (χ0v) is 11.1. The van der Waals surface area contributed by atoms with Crippen LogP contribution in [0.2, 0.25) is 5.02 Å². The topological polar surface area (TPSA) is 20.3 Å². The van der Waals surface area contributed by atoms with Gasteiger partial charge >= 0.3 is 0 Å². The van der Waals surface area contributed by atoms with Gasteiger partial charge in [0.25, 0.3) is 0 Å². The first-order valence-electron chi connectivity index (χ1n) is 4.65. The Balaban J connectivity index is 2.62. The minimum atomic E-state index is 0.119. The van der Waals surface area contributed by atoms with Gasteiger partial charge in [0.15, 0.2) is 0 Å². The number of carbonyl (C=O) groups is 1. The predicted molar refractivity (Wildman–Crippen MR) is 66.2 cm³/mol. The van der Waals surface area contributed by atoms with Crippen LogP contribution in [0.1, 0.15) is 12.0 Å². The SMILES string of the molecule is CN(C)C(=O)CCc1ccc(Br)cc1Cl. The molecule has 0 aromatic heterocycles. The van der Waals surface area contributed by atoms with Gasteiger partial charge in [-0.1, -0.05) is 33.6 Å². The number of amides is 1. The molecule has 1 aromatic carbocycles. The number of aryl methyl sites for hydroxylation is 1. The normalized spacial score (nSPS) is 10.1. The van der Waals surface area contributed by atoms with Crippen molar-refractivity contribution in [3.8, 4) is 0 Å². The molecule has 0 bridgehead atoms. The maximum Gasteiger partial charge on any atom is 0.222 e. The summed E-state index contributed by atoms with van der Waals surface area (Å²) < 4.78 is 0.954. The molecule has 4 heteroatoms. The molecule has 0 aliphatic rings. The first kappa shape index (κ1) is 12.5. The number of nitrogens with zero attached hydrogens (tertiary/aromatic N) is 1. The van der Waals surface area contributed by atoms with Gasteiger partial charge in [0.2, 0.25) is 5.91 Å². The molecule has 0 aliphatic heterocycles. The average molecular weight is 291 g/mol. The van der Waals surface area contributed by atoms with E-state index in [1.54, 1.807) is 19.0 Å². The molecule has 0 heterocycles. The lowest BCUT2D eigenvalue weighted by Crippen LogP contribution is -2.21. The second-order valence-electron chi connectivity index (χ2n) is 3.52. The van der Waals surface area contributed by atoms with Crippen molar-refractivity contribution in [3.05, 3.63) is 33.3 Å². The van der Waals surface area contributed by atoms with Crippen molar-refractivity contribution in [1.29, 1.82) is 0 Å². The second kappa shape index (κ2) is 5.52. The Morgan fingerprint density at radius 3 is 2.67 bits per heavy atom. The van der Waals surface area contributed by atoms with Crippen LogP contribution in [-0.2, 0) is 11.2 Å². The molecular formula is C11H13BrClNO. The van der Waals surface area contributed by atoms with Gasteiger partial charge in [-0.2, -0.15) is 0 Å². The van der Waals surface area contributed by atoms with Gasteiger partial charge in [0, 0.05) is 30.0 Å². The van der Waals surface area contributed by atoms with Crippen molar-refractivity contribution >= 4 is 33.4 Å². The average Bonchev–Trinajstić information content (AvgIpc) is 2.15. The molecule has 15 heavy (non-hydrogen) atoms. The van der Waals surface area contributed by atoms with Gasteiger partial charge in [-0.05, 0) is 24.1 Å². The number of benzene rings is 1. The van der Waals surface area contributed by atoms with Gasteiger partial charge in [-0.3, -0.25) is 4.79 Å². The largest absolute Gasteiger partial charge is 0.349 e. The van der Waals surface area contributed by atoms with Crippen LogP contribution < -0.4 is 0 Å². The van der Waals surface area contributed by atoms with Gasteiger partial charge in [0.1, 0.15) is 0 Å². The summed E-state index contributed by atoms with van der Waals surface area (Å²) in [4.78, 5) is 13.0. The van der Waals surface area contributed by atoms with Gasteiger partial charge in [-0.15, -0.1) is 0 Å². The highest BCUT2D eigenvalue weighted by Crippen LogP contribution is 2.22. The lowest BCUT2D eigenvalue weighted by molar-refractivity contribution is -0.128. The van der Waals surface area contributed by atoms with E-state index in [1.165, 1.54) is 0 Å². The quantitative estimate of drug-likeness (QED) is 0.837. The summed E-state index contributed by atoms with van der Waals surface area (Å²) in [6.45, 7) is 0. The summed E-state index contributed by atoms with van der Waals surface area (Å²) in [5, 5.41) is 0.705. The van der Waals surface area contributed by atoms with Crippen molar-refractivity contribution in [2.45, 2.75) is 12.8 Å². The van der Waals surface area contributed by atoms with Gasteiger partial charge in [-0.25, -0.2) is 0 Å². The molecule has 2 nitrogen and oxygen atoms in total. The summed E-state index contributed by atoms with van der Waals surface area (Å²) in [6, 6.07) is 5.72. The molecule has 1 amide bonds. The molecule has 0 atom stereocenters. The van der Waals surface area contributed by atoms with Crippen LogP contribution in [0.15, 0.2) is 22.7 Å². The lowest BCUT2D eigenvalue weighted by atomic mass is 10.1. The summed E-state index contributed by atoms with van der Waals surface area (Å²) in [5.41, 5.74) is 1.01. The Labute approximate surface area is 103 Å². The lowest BCUT2D eigenvalue weighted by Gasteiger charge is -2.10. The number of hydrogen-bond acceptors (Lipinski definition) is 1. The fraction of sp³-hybridized carbons (Fsp3) is 0.364. The van der Waals surface area contributed by atoms with Crippen molar-refractivity contribution < 1.29 is 4.79 Å². The van der Waals surface area contributed by atoms with Gasteiger partial charge < -0.3 is 4.90 Å². The van der Waals surface area contributed by atoms with Gasteiger partial charge in [0.05, 0.1) is 0 Å². The molecule has 1 aromatic rings. The van der Waals surface area contributed by atoms with Crippen LogP contribution in [0.4, 0.5) is 0 Å². The monoisotopic (exact) mass is 289 g/mol. The molecule has 0 radical (unpaired) electrons. The summed E-state index contributed by atoms with van der Waals surface area (Å²) in [6.07, 6.45) is 1.18. The predicted octanol–water partition coefficient (Wildman–Crippen LogP) is 3.12. The highest BCUT2D eigenvalue weighted by Gasteiger charge is 2.06. The Morgan fingerprint density at radius 2 is 2.13 bits per heavy atom. The van der Waals surface area contributed by atoms with E-state index in [-0.39, 0.29) is 5.91 Å². The summed E-state index contributed by atoms with van der Waals surface area (Å²) >= 11 is 9.38. The molecule has 0 unspecified atom stereocenters. The minimum absolute atomic E-state index is 0.119. The smallest absolute Gasteiger partial charge is 0.222 e. The minimum Gasteiger partial charge on any atom is -0.349 e. The van der Waals surface area contributed by atoms with E-state index in [4.69, 9.17) is 11.6 Å². The van der Waals surface area contributed by atoms with E-state index < -0.39 is 0 Å². The van der Waals surface area contributed by atoms with E-state index in [2.05, 4.69) is 15.9 Å². The highest BCUT2D eigenvalue weighted by atomic mass is 79.9. The number of carbonyl (C=O) groups excluding carboxylic acids is 1. The Hall–Kier alpha value is -0.540. The standard InChI is InChI=1S/C11H13BrClNO/c1-14(2)11(15)6-4-8-3-5-9(12)7-10(8)13/h3,5,7H,4,6H2,1-2H3. The number of rotatable bonds is 3. The maximum absolute atomic E-state index is 11.4. The fourth-order valence-electron chi connectivity index (χ4n) is 1.19. The van der Waals surface area contributed by atoms with E-state index >= 15 is 0 Å². The van der Waals surface area contributed by atoms with Crippen LogP contribution in [0.5, 0.6) is 0 Å². The maximum atomic E-state index is 11.4. The second-order valence-corrected chi connectivity index (χ2v) is 4.85. The number of hydrogen-bond donors (Lipinski definition) is 0. The third kappa shape index (κ3) is 3.84. The highest BCUT2D eigenvalue weighted by molar-refractivity contribution is 9.10. The summed E-state index contributed by atoms with van der Waals surface area (Å²) in [5.74, 6) is 0.119. The molecule has 0 fully saturated rings. The molecule has 0 aliphatic carbocycles. The van der Waals surface area contributed by atoms with Crippen molar-refractivity contribution in [2.75, 3.05) is 14.1 Å². The molecule has 82 valence electrons. The third-order valence-corrected chi connectivity index (χ3v) is 2.97. The van der Waals surface area contributed by atoms with E-state index in [0.717, 1.165) is 10.0 Å². The Bertz CT molecular complexity index is 366. The van der Waals surface area contributed by atoms with Crippen LogP contribution in [0.25, 0.3) is 0 Å². The van der Waals surface area contributed by atoms with E-state index in [0.29, 0.717) is 17.9 Å². The van der Waals surface area contributed by atoms with Crippen LogP contribution in [0.3, 0.4) is 0 Å². The fourth-order valence-corrected chi connectivity index (χ4v) is 1.96. The molecular weight excluding hydrogens is 277 g/mol. The molecule has 0 saturated carbocycles. The number of halogens is 2. The molecule has 0 saturated heterocycles. The Kier molecular flexibility index (Phi) is 4.61. The third-order valence-electron chi connectivity index (χ3n) is 2.12. The molecule has 0 spiro atoms. The van der Waals surface area contributed by atoms with Crippen LogP contribution in [0, 0.1) is 0 Å². The zero-order valence-electron chi connectivity index (χ0n) is 8.76. The zero-order chi connectivity index (χ0) is 11.4. The van der Waals surface area contributed by atoms with E-state index in [9.17, 15) is 4.79 Å². The van der Waals surface area contributed by atoms with Crippen molar-refractivity contribution in [1.82, 2.24) is 4.90 Å². The van der Waals surface area contributed by atoms with Crippen molar-refractivity contribution in [2.24, 2.45) is 0 Å². The molecule has 0 N–H and O–H groups in total.